The number of aromatic nitrogens is 3. The number of rotatable bonds is 11. The van der Waals surface area contributed by atoms with E-state index < -0.39 is 41.0 Å². The molecule has 66 heavy (non-hydrogen) atoms. The highest BCUT2D eigenvalue weighted by Crippen LogP contribution is 2.37. The van der Waals surface area contributed by atoms with Crippen LogP contribution in [0, 0.1) is 12.7 Å². The van der Waals surface area contributed by atoms with Gasteiger partial charge in [0.05, 0.1) is 40.7 Å². The lowest BCUT2D eigenvalue weighted by atomic mass is 9.85. The normalized spacial score (nSPS) is 19.3. The first-order chi connectivity index (χ1) is 31.7. The smallest absolute Gasteiger partial charge is 0.293 e. The Morgan fingerprint density at radius 2 is 1.70 bits per heavy atom. The summed E-state index contributed by atoms with van der Waals surface area (Å²) in [5.41, 5.74) is 2.79. The maximum Gasteiger partial charge on any atom is 0.293 e. The Bertz CT molecular complexity index is 2620. The molecule has 5 aliphatic rings. The number of fused-ring (bicyclic) bond motifs is 2. The number of piperidine rings is 3. The van der Waals surface area contributed by atoms with Crippen molar-refractivity contribution < 1.29 is 37.8 Å². The average molecular weight is 928 g/mol. The molecule has 1 aliphatic carbocycles. The van der Waals surface area contributed by atoms with Gasteiger partial charge in [0.2, 0.25) is 17.8 Å². The van der Waals surface area contributed by atoms with E-state index in [1.54, 1.807) is 18.2 Å². The van der Waals surface area contributed by atoms with Crippen LogP contribution in [0.15, 0.2) is 41.3 Å². The van der Waals surface area contributed by atoms with Gasteiger partial charge in [0.1, 0.15) is 11.1 Å². The van der Waals surface area contributed by atoms with E-state index in [-0.39, 0.29) is 65.2 Å². The van der Waals surface area contributed by atoms with Gasteiger partial charge in [-0.05, 0) is 127 Å². The summed E-state index contributed by atoms with van der Waals surface area (Å²) in [4.78, 5) is 86.2. The number of carbonyl (C=O) groups excluding carboxylic acids is 5. The number of pyridine rings is 1. The Hall–Kier alpha value is -5.98. The number of imide groups is 2. The molecule has 5 amide bonds. The number of hydrogen-bond donors (Lipinski definition) is 4. The molecule has 1 atom stereocenters. The number of amides is 5. The second-order valence-corrected chi connectivity index (χ2v) is 18.0. The molecule has 2 aromatic heterocycles. The van der Waals surface area contributed by atoms with Gasteiger partial charge in [0.15, 0.2) is 24.0 Å². The number of hydrogen-bond acceptors (Lipinski definition) is 13. The zero-order valence-corrected chi connectivity index (χ0v) is 38.3. The Morgan fingerprint density at radius 1 is 0.970 bits per heavy atom. The van der Waals surface area contributed by atoms with Crippen LogP contribution in [-0.2, 0) is 19.1 Å². The van der Waals surface area contributed by atoms with Gasteiger partial charge in [-0.3, -0.25) is 39.0 Å². The molecule has 4 N–H and O–H groups in total. The van der Waals surface area contributed by atoms with Crippen molar-refractivity contribution in [2.45, 2.75) is 109 Å². The van der Waals surface area contributed by atoms with E-state index in [4.69, 9.17) is 21.1 Å². The summed E-state index contributed by atoms with van der Waals surface area (Å²) in [6.07, 6.45) is 9.82. The predicted octanol–water partition coefficient (Wildman–Crippen LogP) is 5.43. The second kappa shape index (κ2) is 19.9. The van der Waals surface area contributed by atoms with Crippen LogP contribution in [0.4, 0.5) is 21.8 Å². The first kappa shape index (κ1) is 46.5. The molecular weight excluding hydrogens is 873 g/mol. The predicted molar refractivity (Wildman–Crippen MR) is 245 cm³/mol. The fraction of sp³-hybridized carbons (Fsp3) is 0.489. The molecular formula is C47H55ClFN9O8. The van der Waals surface area contributed by atoms with E-state index in [1.807, 2.05) is 26.8 Å². The monoisotopic (exact) mass is 927 g/mol. The average Bonchev–Trinajstić information content (AvgIpc) is 3.55. The van der Waals surface area contributed by atoms with Crippen molar-refractivity contribution in [2.75, 3.05) is 50.1 Å². The molecule has 4 fully saturated rings. The SMILES string of the molecule is CNC(=O)COc1cc2c(F)c(Nc3nc(N4CCC(OC5CCC5)CC4)ncc3Cl)ccc2n(C(C)C)c1=O.Cc1c(C2CCNCC2)ccc2c1C(=O)N(C1CCC(=O)NC1=O)C2=O. The number of benzene rings is 2. The third-order valence-electron chi connectivity index (χ3n) is 13.1. The largest absolute Gasteiger partial charge is 0.478 e. The van der Waals surface area contributed by atoms with Gasteiger partial charge < -0.3 is 34.9 Å². The standard InChI is InChI=1S/C28H34ClFN6O4.C19H21N3O4/c1-16(2)36-22-8-7-21(25(30)19(22)13-23(27(36)38)39-15-24(37)31-3)33-26-20(29)14-32-28(34-26)35-11-9-18(10-12-35)40-17-5-4-6-17;1-10-12(11-6-8-20-9-7-11)2-3-13-16(10)19(26)22(18(13)25)14-4-5-15(23)21-17(14)24/h7-8,13-14,16-18H,4-6,9-12,15H2,1-3H3,(H,31,37)(H,32,33,34);2-3,11,14,20H,4-9H2,1H3,(H,21,23,24). The van der Waals surface area contributed by atoms with Crippen molar-refractivity contribution >= 4 is 69.5 Å². The molecule has 19 heteroatoms. The van der Waals surface area contributed by atoms with Crippen molar-refractivity contribution in [2.24, 2.45) is 0 Å². The van der Waals surface area contributed by atoms with E-state index in [1.165, 1.54) is 30.3 Å². The zero-order chi connectivity index (χ0) is 46.8. The van der Waals surface area contributed by atoms with E-state index in [0.29, 0.717) is 34.6 Å². The van der Waals surface area contributed by atoms with Gasteiger partial charge in [-0.15, -0.1) is 0 Å². The maximum absolute atomic E-state index is 15.9. The van der Waals surface area contributed by atoms with Crippen LogP contribution in [0.2, 0.25) is 5.02 Å². The van der Waals surface area contributed by atoms with Gasteiger partial charge in [-0.1, -0.05) is 17.7 Å². The summed E-state index contributed by atoms with van der Waals surface area (Å²) in [7, 11) is 1.46. The van der Waals surface area contributed by atoms with E-state index in [2.05, 4.69) is 36.1 Å². The molecule has 9 rings (SSSR count). The Kier molecular flexibility index (Phi) is 14.0. The number of nitrogens with zero attached hydrogens (tertiary/aromatic N) is 5. The molecule has 4 aliphatic heterocycles. The highest BCUT2D eigenvalue weighted by molar-refractivity contribution is 6.33. The highest BCUT2D eigenvalue weighted by Gasteiger charge is 2.46. The zero-order valence-electron chi connectivity index (χ0n) is 37.5. The quantitative estimate of drug-likeness (QED) is 0.139. The summed E-state index contributed by atoms with van der Waals surface area (Å²) < 4.78 is 29.0. The van der Waals surface area contributed by atoms with Gasteiger partial charge >= 0.3 is 0 Å². The fourth-order valence-electron chi connectivity index (χ4n) is 9.29. The van der Waals surface area contributed by atoms with Crippen LogP contribution in [0.5, 0.6) is 5.75 Å². The third-order valence-corrected chi connectivity index (χ3v) is 13.4. The van der Waals surface area contributed by atoms with Gasteiger partial charge in [-0.2, -0.15) is 4.98 Å². The first-order valence-electron chi connectivity index (χ1n) is 22.7. The summed E-state index contributed by atoms with van der Waals surface area (Å²) in [6, 6.07) is 6.99. The fourth-order valence-corrected chi connectivity index (χ4v) is 9.42. The van der Waals surface area contributed by atoms with Crippen LogP contribution in [0.3, 0.4) is 0 Å². The van der Waals surface area contributed by atoms with E-state index in [0.717, 1.165) is 80.7 Å². The Morgan fingerprint density at radius 3 is 2.36 bits per heavy atom. The number of nitrogens with one attached hydrogen (secondary N) is 4. The Balaban J connectivity index is 0.000000196. The van der Waals surface area contributed by atoms with Gasteiger partial charge in [0.25, 0.3) is 23.3 Å². The molecule has 2 aromatic carbocycles. The lowest BCUT2D eigenvalue weighted by Gasteiger charge is -2.36. The molecule has 350 valence electrons. The van der Waals surface area contributed by atoms with Crippen LogP contribution in [0.1, 0.15) is 115 Å². The summed E-state index contributed by atoms with van der Waals surface area (Å²) in [5, 5.41) is 11.4. The lowest BCUT2D eigenvalue weighted by Crippen LogP contribution is -2.54. The topological polar surface area (TPSA) is 206 Å². The third kappa shape index (κ3) is 9.49. The molecule has 4 aromatic rings. The number of carbonyl (C=O) groups is 5. The molecule has 0 bridgehead atoms. The minimum Gasteiger partial charge on any atom is -0.478 e. The van der Waals surface area contributed by atoms with Crippen molar-refractivity contribution in [1.29, 1.82) is 0 Å². The summed E-state index contributed by atoms with van der Waals surface area (Å²) >= 11 is 6.40. The van der Waals surface area contributed by atoms with Crippen molar-refractivity contribution in [1.82, 2.24) is 35.4 Å². The molecule has 0 spiro atoms. The molecule has 1 saturated carbocycles. The Labute approximate surface area is 386 Å². The lowest BCUT2D eigenvalue weighted by molar-refractivity contribution is -0.136. The molecule has 17 nitrogen and oxygen atoms in total. The molecule has 6 heterocycles. The number of likely N-dealkylation sites (N-methyl/N-ethyl adjacent to an activating group) is 1. The van der Waals surface area contributed by atoms with Crippen LogP contribution in [-0.4, -0.2) is 107 Å². The van der Waals surface area contributed by atoms with Crippen LogP contribution in [0.25, 0.3) is 10.9 Å². The number of anilines is 3. The minimum absolute atomic E-state index is 0.118. The van der Waals surface area contributed by atoms with E-state index in [9.17, 15) is 28.8 Å². The number of halogens is 2. The van der Waals surface area contributed by atoms with Gasteiger partial charge in [-0.25, -0.2) is 9.37 Å². The van der Waals surface area contributed by atoms with Gasteiger partial charge in [0, 0.05) is 38.0 Å². The van der Waals surface area contributed by atoms with Crippen LogP contribution < -0.4 is 36.5 Å². The summed E-state index contributed by atoms with van der Waals surface area (Å²) in [5.74, 6) is -1.80. The second-order valence-electron chi connectivity index (χ2n) is 17.6. The van der Waals surface area contributed by atoms with Crippen LogP contribution >= 0.6 is 11.6 Å². The van der Waals surface area contributed by atoms with Crippen molar-refractivity contribution in [3.05, 3.63) is 80.0 Å². The molecule has 0 radical (unpaired) electrons. The molecule has 1 unspecified atom stereocenters. The summed E-state index contributed by atoms with van der Waals surface area (Å²) in [6.45, 7) is 8.55. The molecule has 3 saturated heterocycles. The highest BCUT2D eigenvalue weighted by atomic mass is 35.5. The maximum atomic E-state index is 15.9. The first-order valence-corrected chi connectivity index (χ1v) is 23.1. The van der Waals surface area contributed by atoms with Crippen molar-refractivity contribution in [3.8, 4) is 5.75 Å². The van der Waals surface area contributed by atoms with E-state index >= 15 is 4.39 Å². The minimum atomic E-state index is -0.915. The number of ether oxygens (including phenoxy) is 2. The van der Waals surface area contributed by atoms with Crippen molar-refractivity contribution in [3.63, 3.8) is 0 Å².